The molecule has 4 rings (SSSR count). The zero-order valence-corrected chi connectivity index (χ0v) is 18.4. The second-order valence-electron chi connectivity index (χ2n) is 7.49. The zero-order chi connectivity index (χ0) is 20.8. The van der Waals surface area contributed by atoms with Crippen molar-refractivity contribution in [2.45, 2.75) is 38.0 Å². The molecule has 4 nitrogen and oxygen atoms in total. The van der Waals surface area contributed by atoms with E-state index >= 15 is 0 Å². The molecule has 0 spiro atoms. The van der Waals surface area contributed by atoms with Crippen LogP contribution in [0.1, 0.15) is 49.1 Å². The molecular formula is C24H25NO3S2. The lowest BCUT2D eigenvalue weighted by atomic mass is 9.84. The van der Waals surface area contributed by atoms with E-state index in [-0.39, 0.29) is 5.91 Å². The Hall–Kier alpha value is -2.31. The molecule has 0 atom stereocenters. The lowest BCUT2D eigenvalue weighted by molar-refractivity contribution is -0.115. The Morgan fingerprint density at radius 1 is 1.00 bits per heavy atom. The number of thioether (sulfide) groups is 1. The van der Waals surface area contributed by atoms with Gasteiger partial charge in [-0.05, 0) is 48.6 Å². The molecule has 0 aromatic heterocycles. The van der Waals surface area contributed by atoms with Crippen molar-refractivity contribution in [3.63, 3.8) is 0 Å². The first-order valence-electron chi connectivity index (χ1n) is 10.4. The lowest BCUT2D eigenvalue weighted by Crippen LogP contribution is -2.17. The van der Waals surface area contributed by atoms with Crippen molar-refractivity contribution >= 4 is 40.3 Å². The molecular weight excluding hydrogens is 414 g/mol. The number of thiocarbonyl (C=S) groups is 1. The number of para-hydroxylation sites is 1. The quantitative estimate of drug-likeness (QED) is 0.342. The average molecular weight is 440 g/mol. The molecule has 6 heteroatoms. The number of hydrogen-bond donors (Lipinski definition) is 1. The van der Waals surface area contributed by atoms with Crippen molar-refractivity contribution in [2.24, 2.45) is 0 Å². The highest BCUT2D eigenvalue weighted by Crippen LogP contribution is 2.33. The summed E-state index contributed by atoms with van der Waals surface area (Å²) in [6.45, 7) is 0.870. The van der Waals surface area contributed by atoms with Crippen LogP contribution in [-0.2, 0) is 4.79 Å². The van der Waals surface area contributed by atoms with Crippen LogP contribution in [0.3, 0.4) is 0 Å². The number of ether oxygens (including phenoxy) is 2. The Morgan fingerprint density at radius 2 is 1.73 bits per heavy atom. The molecule has 1 heterocycles. The second-order valence-corrected chi connectivity index (χ2v) is 9.21. The molecule has 0 bridgehead atoms. The standard InChI is InChI=1S/C24H25NO3S2/c26-23-22(30-24(29)25-23)16-19-8-4-5-9-21(19)28-15-14-27-20-12-10-18(11-13-20)17-6-2-1-3-7-17/h4-5,8-13,16-17H,1-3,6-7,14-15H2,(H,25,26,29)/b22-16+. The van der Waals surface area contributed by atoms with Gasteiger partial charge < -0.3 is 14.8 Å². The number of benzene rings is 2. The third kappa shape index (κ3) is 5.43. The van der Waals surface area contributed by atoms with Gasteiger partial charge in [-0.2, -0.15) is 0 Å². The number of carbonyl (C=O) groups excluding carboxylic acids is 1. The van der Waals surface area contributed by atoms with Gasteiger partial charge in [-0.1, -0.05) is 73.6 Å². The van der Waals surface area contributed by atoms with E-state index in [9.17, 15) is 4.79 Å². The maximum atomic E-state index is 11.9. The highest BCUT2D eigenvalue weighted by Gasteiger charge is 2.22. The molecule has 0 radical (unpaired) electrons. The second kappa shape index (κ2) is 10.1. The number of hydrogen-bond acceptors (Lipinski definition) is 5. The highest BCUT2D eigenvalue weighted by atomic mass is 32.2. The average Bonchev–Trinajstić information content (AvgIpc) is 3.10. The van der Waals surface area contributed by atoms with Gasteiger partial charge in [0.1, 0.15) is 29.0 Å². The van der Waals surface area contributed by atoms with Gasteiger partial charge >= 0.3 is 0 Å². The molecule has 2 aliphatic rings. The van der Waals surface area contributed by atoms with E-state index in [0.29, 0.717) is 34.1 Å². The summed E-state index contributed by atoms with van der Waals surface area (Å²) in [6.07, 6.45) is 8.46. The smallest absolute Gasteiger partial charge is 0.263 e. The van der Waals surface area contributed by atoms with Crippen LogP contribution in [0.2, 0.25) is 0 Å². The molecule has 1 aliphatic heterocycles. The minimum atomic E-state index is -0.167. The maximum Gasteiger partial charge on any atom is 0.263 e. The predicted molar refractivity (Wildman–Crippen MR) is 126 cm³/mol. The summed E-state index contributed by atoms with van der Waals surface area (Å²) in [7, 11) is 0. The number of rotatable bonds is 7. The molecule has 1 N–H and O–H groups in total. The van der Waals surface area contributed by atoms with Crippen LogP contribution in [0.4, 0.5) is 0 Å². The van der Waals surface area contributed by atoms with Crippen LogP contribution in [0.15, 0.2) is 53.4 Å². The van der Waals surface area contributed by atoms with E-state index in [1.54, 1.807) is 6.08 Å². The van der Waals surface area contributed by atoms with Gasteiger partial charge in [-0.25, -0.2) is 0 Å². The summed E-state index contributed by atoms with van der Waals surface area (Å²) < 4.78 is 12.2. The van der Waals surface area contributed by atoms with Gasteiger partial charge in [-0.3, -0.25) is 4.79 Å². The summed E-state index contributed by atoms with van der Waals surface area (Å²) in [5.41, 5.74) is 2.27. The molecule has 30 heavy (non-hydrogen) atoms. The fraction of sp³-hybridized carbons (Fsp3) is 0.333. The van der Waals surface area contributed by atoms with Gasteiger partial charge in [0.2, 0.25) is 0 Å². The van der Waals surface area contributed by atoms with Crippen LogP contribution in [0.5, 0.6) is 11.5 Å². The molecule has 0 unspecified atom stereocenters. The molecule has 156 valence electrons. The van der Waals surface area contributed by atoms with Crippen molar-refractivity contribution < 1.29 is 14.3 Å². The summed E-state index contributed by atoms with van der Waals surface area (Å²) in [5, 5.41) is 2.63. The first-order chi connectivity index (χ1) is 14.7. The van der Waals surface area contributed by atoms with Crippen LogP contribution in [-0.4, -0.2) is 23.4 Å². The van der Waals surface area contributed by atoms with Gasteiger partial charge in [0.15, 0.2) is 0 Å². The van der Waals surface area contributed by atoms with Gasteiger partial charge in [0, 0.05) is 5.56 Å². The normalized spacial score (nSPS) is 18.5. The van der Waals surface area contributed by atoms with Crippen molar-refractivity contribution in [3.8, 4) is 11.5 Å². The van der Waals surface area contributed by atoms with Crippen LogP contribution < -0.4 is 14.8 Å². The summed E-state index contributed by atoms with van der Waals surface area (Å²) >= 11 is 6.31. The fourth-order valence-corrected chi connectivity index (χ4v) is 4.91. The summed E-state index contributed by atoms with van der Waals surface area (Å²) in [5.74, 6) is 2.12. The van der Waals surface area contributed by atoms with Gasteiger partial charge in [-0.15, -0.1) is 0 Å². The highest BCUT2D eigenvalue weighted by molar-refractivity contribution is 8.26. The van der Waals surface area contributed by atoms with Crippen molar-refractivity contribution in [3.05, 3.63) is 64.6 Å². The van der Waals surface area contributed by atoms with Crippen LogP contribution in [0.25, 0.3) is 6.08 Å². The Bertz CT molecular complexity index is 934. The van der Waals surface area contributed by atoms with Gasteiger partial charge in [0.05, 0.1) is 4.91 Å². The molecule has 2 aromatic rings. The lowest BCUT2D eigenvalue weighted by Gasteiger charge is -2.22. The van der Waals surface area contributed by atoms with E-state index in [4.69, 9.17) is 21.7 Å². The van der Waals surface area contributed by atoms with E-state index in [1.165, 1.54) is 49.4 Å². The zero-order valence-electron chi connectivity index (χ0n) is 16.8. The van der Waals surface area contributed by atoms with E-state index in [1.807, 2.05) is 24.3 Å². The molecule has 2 fully saturated rings. The minimum Gasteiger partial charge on any atom is -0.490 e. The SMILES string of the molecule is O=C1NC(=S)S/C1=C/c1ccccc1OCCOc1ccc(C2CCCCC2)cc1. The number of carbonyl (C=O) groups is 1. The molecule has 1 saturated carbocycles. The molecule has 1 saturated heterocycles. The van der Waals surface area contributed by atoms with E-state index in [2.05, 4.69) is 29.6 Å². The van der Waals surface area contributed by atoms with Crippen molar-refractivity contribution in [1.82, 2.24) is 5.32 Å². The number of nitrogens with one attached hydrogen (secondary N) is 1. The predicted octanol–water partition coefficient (Wildman–Crippen LogP) is 5.68. The monoisotopic (exact) mass is 439 g/mol. The molecule has 1 amide bonds. The van der Waals surface area contributed by atoms with Gasteiger partial charge in [0.25, 0.3) is 5.91 Å². The summed E-state index contributed by atoms with van der Waals surface area (Å²) in [6, 6.07) is 16.1. The van der Waals surface area contributed by atoms with E-state index < -0.39 is 0 Å². The van der Waals surface area contributed by atoms with Crippen molar-refractivity contribution in [2.75, 3.05) is 13.2 Å². The fourth-order valence-electron chi connectivity index (χ4n) is 3.88. The maximum absolute atomic E-state index is 11.9. The minimum absolute atomic E-state index is 0.167. The Labute approximate surface area is 187 Å². The van der Waals surface area contributed by atoms with Crippen molar-refractivity contribution in [1.29, 1.82) is 0 Å². The van der Waals surface area contributed by atoms with Crippen LogP contribution >= 0.6 is 24.0 Å². The first kappa shape index (κ1) is 20.9. The molecule has 2 aromatic carbocycles. The third-order valence-corrected chi connectivity index (χ3v) is 6.58. The summed E-state index contributed by atoms with van der Waals surface area (Å²) in [4.78, 5) is 12.5. The topological polar surface area (TPSA) is 47.6 Å². The van der Waals surface area contributed by atoms with Crippen LogP contribution in [0, 0.1) is 0 Å². The van der Waals surface area contributed by atoms with E-state index in [0.717, 1.165) is 11.3 Å². The Kier molecular flexibility index (Phi) is 7.07. The molecule has 1 aliphatic carbocycles. The first-order valence-corrected chi connectivity index (χ1v) is 11.6. The largest absolute Gasteiger partial charge is 0.490 e. The Morgan fingerprint density at radius 3 is 2.47 bits per heavy atom. The Balaban J connectivity index is 1.29. The number of amides is 1. The third-order valence-electron chi connectivity index (χ3n) is 5.41.